The second-order valence-corrected chi connectivity index (χ2v) is 3.87. The Kier molecular flexibility index (Phi) is 4.90. The molecular formula is C12H17NO4. The average molecular weight is 239 g/mol. The van der Waals surface area contributed by atoms with Gasteiger partial charge in [-0.05, 0) is 17.7 Å². The summed E-state index contributed by atoms with van der Waals surface area (Å²) in [6.07, 6.45) is 0.0943. The molecule has 0 aromatic heterocycles. The second kappa shape index (κ2) is 6.20. The molecule has 0 spiro atoms. The monoisotopic (exact) mass is 239 g/mol. The fourth-order valence-electron chi connectivity index (χ4n) is 1.58. The topological polar surface area (TPSA) is 61.6 Å². The van der Waals surface area contributed by atoms with Crippen molar-refractivity contribution < 1.29 is 14.4 Å². The molecular weight excluding hydrogens is 222 g/mol. The van der Waals surface area contributed by atoms with Gasteiger partial charge < -0.3 is 9.47 Å². The third-order valence-electron chi connectivity index (χ3n) is 2.69. The Morgan fingerprint density at radius 2 is 1.88 bits per heavy atom. The number of ether oxygens (including phenoxy) is 2. The summed E-state index contributed by atoms with van der Waals surface area (Å²) in [5, 5.41) is 10.6. The van der Waals surface area contributed by atoms with Crippen molar-refractivity contribution in [2.24, 2.45) is 0 Å². The molecule has 0 saturated heterocycles. The molecule has 0 fully saturated rings. The minimum Gasteiger partial charge on any atom is -0.497 e. The lowest BCUT2D eigenvalue weighted by Crippen LogP contribution is -2.19. The van der Waals surface area contributed by atoms with Crippen LogP contribution in [0.15, 0.2) is 24.3 Å². The summed E-state index contributed by atoms with van der Waals surface area (Å²) in [5.41, 5.74) is 0.919. The van der Waals surface area contributed by atoms with Gasteiger partial charge in [0.15, 0.2) is 0 Å². The molecule has 0 radical (unpaired) electrons. The van der Waals surface area contributed by atoms with Crippen LogP contribution in [-0.4, -0.2) is 25.2 Å². The zero-order valence-electron chi connectivity index (χ0n) is 10.3. The highest BCUT2D eigenvalue weighted by Crippen LogP contribution is 2.24. The zero-order valence-corrected chi connectivity index (χ0v) is 10.3. The van der Waals surface area contributed by atoms with Gasteiger partial charge >= 0.3 is 0 Å². The van der Waals surface area contributed by atoms with Crippen LogP contribution in [-0.2, 0) is 4.74 Å². The minimum absolute atomic E-state index is 0.263. The van der Waals surface area contributed by atoms with Crippen molar-refractivity contribution in [3.63, 3.8) is 0 Å². The zero-order chi connectivity index (χ0) is 12.8. The number of benzene rings is 1. The van der Waals surface area contributed by atoms with E-state index < -0.39 is 6.04 Å². The Bertz CT molecular complexity index is 363. The Morgan fingerprint density at radius 1 is 1.29 bits per heavy atom. The van der Waals surface area contributed by atoms with Gasteiger partial charge in [0.1, 0.15) is 5.75 Å². The van der Waals surface area contributed by atoms with Crippen LogP contribution >= 0.6 is 0 Å². The van der Waals surface area contributed by atoms with Gasteiger partial charge in [-0.25, -0.2) is 0 Å². The van der Waals surface area contributed by atoms with Crippen LogP contribution in [0.4, 0.5) is 0 Å². The van der Waals surface area contributed by atoms with Crippen LogP contribution in [0.3, 0.4) is 0 Å². The predicted octanol–water partition coefficient (Wildman–Crippen LogP) is 2.44. The SMILES string of the molecule is COc1ccc([C@@H](C[C@H](C)[N+](=O)[O-])OC)cc1. The van der Waals surface area contributed by atoms with E-state index in [1.165, 1.54) is 0 Å². The molecule has 0 bridgehead atoms. The summed E-state index contributed by atoms with van der Waals surface area (Å²) in [5.74, 6) is 0.755. The molecule has 0 aliphatic rings. The average Bonchev–Trinajstić information content (AvgIpc) is 2.35. The van der Waals surface area contributed by atoms with Crippen molar-refractivity contribution in [1.82, 2.24) is 0 Å². The molecule has 5 nitrogen and oxygen atoms in total. The first-order valence-corrected chi connectivity index (χ1v) is 5.38. The largest absolute Gasteiger partial charge is 0.497 e. The Morgan fingerprint density at radius 3 is 2.29 bits per heavy atom. The number of methoxy groups -OCH3 is 2. The van der Waals surface area contributed by atoms with Crippen LogP contribution in [0.1, 0.15) is 25.0 Å². The molecule has 0 saturated carbocycles. The summed E-state index contributed by atoms with van der Waals surface area (Å²) >= 11 is 0. The molecule has 1 rings (SSSR count). The van der Waals surface area contributed by atoms with E-state index in [1.807, 2.05) is 24.3 Å². The first kappa shape index (κ1) is 13.4. The summed E-state index contributed by atoms with van der Waals surface area (Å²) in [4.78, 5) is 10.3. The van der Waals surface area contributed by atoms with Crippen molar-refractivity contribution in [2.75, 3.05) is 14.2 Å². The molecule has 0 heterocycles. The van der Waals surface area contributed by atoms with Crippen molar-refractivity contribution >= 4 is 0 Å². The maximum Gasteiger partial charge on any atom is 0.213 e. The van der Waals surface area contributed by atoms with Crippen LogP contribution in [0.2, 0.25) is 0 Å². The van der Waals surface area contributed by atoms with Crippen LogP contribution in [0, 0.1) is 10.1 Å². The molecule has 1 aromatic rings. The molecule has 5 heteroatoms. The van der Waals surface area contributed by atoms with Gasteiger partial charge in [0.2, 0.25) is 6.04 Å². The molecule has 94 valence electrons. The lowest BCUT2D eigenvalue weighted by atomic mass is 10.0. The smallest absolute Gasteiger partial charge is 0.213 e. The molecule has 1 aromatic carbocycles. The molecule has 0 unspecified atom stereocenters. The van der Waals surface area contributed by atoms with Crippen LogP contribution < -0.4 is 4.74 Å². The Labute approximate surface area is 101 Å². The fraction of sp³-hybridized carbons (Fsp3) is 0.500. The Hall–Kier alpha value is -1.62. The molecule has 17 heavy (non-hydrogen) atoms. The first-order chi connectivity index (χ1) is 8.08. The number of nitro groups is 1. The fourth-order valence-corrected chi connectivity index (χ4v) is 1.58. The third-order valence-corrected chi connectivity index (χ3v) is 2.69. The summed E-state index contributed by atoms with van der Waals surface area (Å²) in [6, 6.07) is 6.73. The molecule has 0 N–H and O–H groups in total. The summed E-state index contributed by atoms with van der Waals surface area (Å²) < 4.78 is 10.3. The number of nitrogens with zero attached hydrogens (tertiary/aromatic N) is 1. The molecule has 0 aliphatic heterocycles. The first-order valence-electron chi connectivity index (χ1n) is 5.38. The van der Waals surface area contributed by atoms with Gasteiger partial charge in [0.25, 0.3) is 0 Å². The van der Waals surface area contributed by atoms with Gasteiger partial charge in [0, 0.05) is 25.4 Å². The lowest BCUT2D eigenvalue weighted by Gasteiger charge is -2.16. The quantitative estimate of drug-likeness (QED) is 0.565. The highest BCUT2D eigenvalue weighted by Gasteiger charge is 2.21. The van der Waals surface area contributed by atoms with E-state index in [0.29, 0.717) is 6.42 Å². The second-order valence-electron chi connectivity index (χ2n) is 3.87. The highest BCUT2D eigenvalue weighted by atomic mass is 16.6. The van der Waals surface area contributed by atoms with Gasteiger partial charge in [-0.2, -0.15) is 0 Å². The van der Waals surface area contributed by atoms with E-state index >= 15 is 0 Å². The van der Waals surface area contributed by atoms with E-state index in [9.17, 15) is 10.1 Å². The van der Waals surface area contributed by atoms with E-state index in [-0.39, 0.29) is 11.0 Å². The standard InChI is InChI=1S/C12H17NO4/c1-9(13(14)15)8-12(17-3)10-4-6-11(16-2)7-5-10/h4-7,9,12H,8H2,1-3H3/t9-,12+/m0/s1. The van der Waals surface area contributed by atoms with Crippen molar-refractivity contribution in [2.45, 2.75) is 25.5 Å². The van der Waals surface area contributed by atoms with Crippen molar-refractivity contribution in [1.29, 1.82) is 0 Å². The predicted molar refractivity (Wildman–Crippen MR) is 63.8 cm³/mol. The van der Waals surface area contributed by atoms with Gasteiger partial charge in [-0.3, -0.25) is 10.1 Å². The maximum atomic E-state index is 10.6. The van der Waals surface area contributed by atoms with Crippen LogP contribution in [0.5, 0.6) is 5.75 Å². The van der Waals surface area contributed by atoms with E-state index in [1.54, 1.807) is 21.1 Å². The minimum atomic E-state index is -0.623. The molecule has 0 amide bonds. The maximum absolute atomic E-state index is 10.6. The highest BCUT2D eigenvalue weighted by molar-refractivity contribution is 5.28. The normalized spacial score (nSPS) is 14.1. The van der Waals surface area contributed by atoms with Crippen molar-refractivity contribution in [3.05, 3.63) is 39.9 Å². The number of hydrogen-bond acceptors (Lipinski definition) is 4. The van der Waals surface area contributed by atoms with Gasteiger partial charge in [0.05, 0.1) is 13.2 Å². The van der Waals surface area contributed by atoms with Crippen LogP contribution in [0.25, 0.3) is 0 Å². The van der Waals surface area contributed by atoms with Gasteiger partial charge in [-0.15, -0.1) is 0 Å². The summed E-state index contributed by atoms with van der Waals surface area (Å²) in [7, 11) is 3.15. The molecule has 0 aliphatic carbocycles. The summed E-state index contributed by atoms with van der Waals surface area (Å²) in [6.45, 7) is 1.58. The van der Waals surface area contributed by atoms with Crippen molar-refractivity contribution in [3.8, 4) is 5.75 Å². The number of rotatable bonds is 6. The number of hydrogen-bond donors (Lipinski definition) is 0. The molecule has 2 atom stereocenters. The van der Waals surface area contributed by atoms with E-state index in [0.717, 1.165) is 11.3 Å². The lowest BCUT2D eigenvalue weighted by molar-refractivity contribution is -0.520. The van der Waals surface area contributed by atoms with E-state index in [2.05, 4.69) is 0 Å². The van der Waals surface area contributed by atoms with Gasteiger partial charge in [-0.1, -0.05) is 12.1 Å². The third kappa shape index (κ3) is 3.71. The van der Waals surface area contributed by atoms with E-state index in [4.69, 9.17) is 9.47 Å². The Balaban J connectivity index is 2.75.